The van der Waals surface area contributed by atoms with Crippen LogP contribution in [0.1, 0.15) is 35.6 Å². The molecule has 1 amide bonds. The van der Waals surface area contributed by atoms with E-state index >= 15 is 0 Å². The molecule has 2 aromatic carbocycles. The molecule has 0 radical (unpaired) electrons. The fourth-order valence-corrected chi connectivity index (χ4v) is 2.89. The van der Waals surface area contributed by atoms with Gasteiger partial charge in [0.05, 0.1) is 23.9 Å². The summed E-state index contributed by atoms with van der Waals surface area (Å²) in [6.45, 7) is 7.37. The number of hydrazone groups is 1. The Labute approximate surface area is 152 Å². The molecule has 0 spiro atoms. The third-order valence-corrected chi connectivity index (χ3v) is 4.11. The van der Waals surface area contributed by atoms with Crippen molar-refractivity contribution in [1.29, 1.82) is 0 Å². The number of hydrogen-bond donors (Lipinski definition) is 1. The molecule has 1 aromatic heterocycles. The number of para-hydroxylation sites is 1. The van der Waals surface area contributed by atoms with E-state index in [4.69, 9.17) is 4.74 Å². The van der Waals surface area contributed by atoms with Crippen LogP contribution in [0.15, 0.2) is 47.6 Å². The van der Waals surface area contributed by atoms with Gasteiger partial charge in [-0.3, -0.25) is 4.79 Å². The van der Waals surface area contributed by atoms with Crippen molar-refractivity contribution in [2.75, 3.05) is 6.61 Å². The number of nitrogens with zero attached hydrogens (tertiary/aromatic N) is 3. The molecule has 3 rings (SSSR count). The van der Waals surface area contributed by atoms with E-state index in [0.717, 1.165) is 34.7 Å². The Hall–Kier alpha value is -3.15. The molecular formula is C20H22N4O2. The summed E-state index contributed by atoms with van der Waals surface area (Å²) in [5, 5.41) is 4.05. The molecule has 0 aliphatic heterocycles. The number of amides is 1. The number of aromatic nitrogens is 2. The average Bonchev–Trinajstić information content (AvgIpc) is 2.97. The number of hydrogen-bond acceptors (Lipinski definition) is 4. The number of ether oxygens (including phenoxy) is 1. The Morgan fingerprint density at radius 2 is 2.08 bits per heavy atom. The lowest BCUT2D eigenvalue weighted by Gasteiger charge is -2.06. The van der Waals surface area contributed by atoms with Crippen LogP contribution in [0.5, 0.6) is 5.75 Å². The van der Waals surface area contributed by atoms with Crippen LogP contribution in [0.2, 0.25) is 0 Å². The molecule has 26 heavy (non-hydrogen) atoms. The Balaban J connectivity index is 1.75. The van der Waals surface area contributed by atoms with Crippen molar-refractivity contribution in [2.24, 2.45) is 5.10 Å². The maximum absolute atomic E-state index is 12.4. The fourth-order valence-electron chi connectivity index (χ4n) is 2.89. The highest BCUT2D eigenvalue weighted by Crippen LogP contribution is 2.18. The Morgan fingerprint density at radius 3 is 2.85 bits per heavy atom. The Morgan fingerprint density at radius 1 is 1.27 bits per heavy atom. The van der Waals surface area contributed by atoms with E-state index in [0.29, 0.717) is 12.2 Å². The van der Waals surface area contributed by atoms with E-state index in [-0.39, 0.29) is 5.91 Å². The van der Waals surface area contributed by atoms with Gasteiger partial charge >= 0.3 is 0 Å². The van der Waals surface area contributed by atoms with Crippen molar-refractivity contribution >= 4 is 23.2 Å². The first kappa shape index (κ1) is 17.7. The highest BCUT2D eigenvalue weighted by molar-refractivity contribution is 5.98. The first-order valence-electron chi connectivity index (χ1n) is 8.66. The number of benzene rings is 2. The largest absolute Gasteiger partial charge is 0.493 e. The predicted octanol–water partition coefficient (Wildman–Crippen LogP) is 3.53. The van der Waals surface area contributed by atoms with Crippen LogP contribution in [-0.4, -0.2) is 28.3 Å². The second kappa shape index (κ2) is 7.82. The second-order valence-corrected chi connectivity index (χ2v) is 5.78. The molecule has 0 saturated carbocycles. The van der Waals surface area contributed by atoms with Crippen LogP contribution >= 0.6 is 0 Å². The van der Waals surface area contributed by atoms with Gasteiger partial charge in [-0.15, -0.1) is 0 Å². The fraction of sp³-hybridized carbons (Fsp3) is 0.250. The number of fused-ring (bicyclic) bond motifs is 1. The minimum atomic E-state index is -0.277. The zero-order valence-corrected chi connectivity index (χ0v) is 15.2. The van der Waals surface area contributed by atoms with E-state index < -0.39 is 0 Å². The zero-order chi connectivity index (χ0) is 18.5. The second-order valence-electron chi connectivity index (χ2n) is 5.78. The summed E-state index contributed by atoms with van der Waals surface area (Å²) in [7, 11) is 0. The number of carbonyl (C=O) groups is 1. The van der Waals surface area contributed by atoms with Gasteiger partial charge in [-0.2, -0.15) is 5.10 Å². The number of carbonyl (C=O) groups excluding carboxylic acids is 1. The molecule has 6 heteroatoms. The van der Waals surface area contributed by atoms with Gasteiger partial charge in [0.2, 0.25) is 0 Å². The van der Waals surface area contributed by atoms with Crippen molar-refractivity contribution in [3.8, 4) is 5.75 Å². The summed E-state index contributed by atoms with van der Waals surface area (Å²) in [6.07, 6.45) is 1.58. The first-order chi connectivity index (χ1) is 12.6. The standard InChI is InChI=1S/C20H22N4O2/c1-4-24-14(3)22-17-12-15(10-11-18(17)24)20(25)23-21-13-16-8-6-7-9-19(16)26-5-2/h6-13H,4-5H2,1-3H3,(H,23,25). The van der Waals surface area contributed by atoms with Crippen LogP contribution in [0, 0.1) is 6.92 Å². The van der Waals surface area contributed by atoms with Gasteiger partial charge in [-0.05, 0) is 51.1 Å². The van der Waals surface area contributed by atoms with Crippen molar-refractivity contribution in [1.82, 2.24) is 15.0 Å². The van der Waals surface area contributed by atoms with Crippen molar-refractivity contribution in [3.63, 3.8) is 0 Å². The molecule has 0 aliphatic rings. The summed E-state index contributed by atoms with van der Waals surface area (Å²) in [4.78, 5) is 16.9. The molecular weight excluding hydrogens is 328 g/mol. The number of nitrogens with one attached hydrogen (secondary N) is 1. The normalized spacial score (nSPS) is 11.2. The predicted molar refractivity (Wildman–Crippen MR) is 103 cm³/mol. The minimum absolute atomic E-state index is 0.277. The molecule has 0 atom stereocenters. The number of aryl methyl sites for hydroxylation is 2. The van der Waals surface area contributed by atoms with Crippen molar-refractivity contribution < 1.29 is 9.53 Å². The van der Waals surface area contributed by atoms with Crippen LogP contribution in [0.3, 0.4) is 0 Å². The third-order valence-electron chi connectivity index (χ3n) is 4.11. The first-order valence-corrected chi connectivity index (χ1v) is 8.66. The third kappa shape index (κ3) is 3.59. The quantitative estimate of drug-likeness (QED) is 0.546. The van der Waals surface area contributed by atoms with Crippen molar-refractivity contribution in [3.05, 3.63) is 59.4 Å². The van der Waals surface area contributed by atoms with Gasteiger partial charge in [0, 0.05) is 17.7 Å². The monoisotopic (exact) mass is 350 g/mol. The Kier molecular flexibility index (Phi) is 5.31. The van der Waals surface area contributed by atoms with Crippen LogP contribution in [0.4, 0.5) is 0 Å². The summed E-state index contributed by atoms with van der Waals surface area (Å²) in [6, 6.07) is 13.0. The highest BCUT2D eigenvalue weighted by atomic mass is 16.5. The van der Waals surface area contributed by atoms with Gasteiger partial charge in [0.1, 0.15) is 11.6 Å². The smallest absolute Gasteiger partial charge is 0.271 e. The molecule has 1 heterocycles. The Bertz CT molecular complexity index is 960. The lowest BCUT2D eigenvalue weighted by Crippen LogP contribution is -2.17. The molecule has 6 nitrogen and oxygen atoms in total. The van der Waals surface area contributed by atoms with Gasteiger partial charge in [-0.1, -0.05) is 12.1 Å². The van der Waals surface area contributed by atoms with E-state index in [9.17, 15) is 4.79 Å². The summed E-state index contributed by atoms with van der Waals surface area (Å²) < 4.78 is 7.65. The zero-order valence-electron chi connectivity index (χ0n) is 15.2. The molecule has 0 bridgehead atoms. The van der Waals surface area contributed by atoms with Gasteiger partial charge < -0.3 is 9.30 Å². The molecule has 0 fully saturated rings. The molecule has 1 N–H and O–H groups in total. The molecule has 0 unspecified atom stereocenters. The maximum Gasteiger partial charge on any atom is 0.271 e. The van der Waals surface area contributed by atoms with Gasteiger partial charge in [-0.25, -0.2) is 10.4 Å². The van der Waals surface area contributed by atoms with Gasteiger partial charge in [0.15, 0.2) is 0 Å². The maximum atomic E-state index is 12.4. The molecule has 3 aromatic rings. The summed E-state index contributed by atoms with van der Waals surface area (Å²) in [5.41, 5.74) is 5.72. The lowest BCUT2D eigenvalue weighted by molar-refractivity contribution is 0.0955. The number of rotatable bonds is 6. The SMILES string of the molecule is CCOc1ccccc1C=NNC(=O)c1ccc2c(c1)nc(C)n2CC. The molecule has 0 aliphatic carbocycles. The molecule has 134 valence electrons. The van der Waals surface area contributed by atoms with E-state index in [2.05, 4.69) is 27.0 Å². The average molecular weight is 350 g/mol. The lowest BCUT2D eigenvalue weighted by atomic mass is 10.2. The van der Waals surface area contributed by atoms with Crippen LogP contribution in [0.25, 0.3) is 11.0 Å². The summed E-state index contributed by atoms with van der Waals surface area (Å²) in [5.74, 6) is 1.39. The summed E-state index contributed by atoms with van der Waals surface area (Å²) >= 11 is 0. The highest BCUT2D eigenvalue weighted by Gasteiger charge is 2.10. The number of imidazole rings is 1. The van der Waals surface area contributed by atoms with Gasteiger partial charge in [0.25, 0.3) is 5.91 Å². The van der Waals surface area contributed by atoms with E-state index in [1.165, 1.54) is 0 Å². The van der Waals surface area contributed by atoms with Crippen LogP contribution < -0.4 is 10.2 Å². The van der Waals surface area contributed by atoms with E-state index in [1.54, 1.807) is 18.3 Å². The van der Waals surface area contributed by atoms with E-state index in [1.807, 2.05) is 44.2 Å². The minimum Gasteiger partial charge on any atom is -0.493 e. The molecule has 0 saturated heterocycles. The van der Waals surface area contributed by atoms with Crippen molar-refractivity contribution in [2.45, 2.75) is 27.3 Å². The topological polar surface area (TPSA) is 68.5 Å². The van der Waals surface area contributed by atoms with Crippen LogP contribution in [-0.2, 0) is 6.54 Å².